The van der Waals surface area contributed by atoms with Gasteiger partial charge in [0, 0.05) is 24.2 Å². The molecule has 28 heavy (non-hydrogen) atoms. The van der Waals surface area contributed by atoms with Crippen LogP contribution in [0.15, 0.2) is 24.3 Å². The molecule has 0 unspecified atom stereocenters. The fourth-order valence-corrected chi connectivity index (χ4v) is 4.64. The van der Waals surface area contributed by atoms with E-state index in [1.54, 1.807) is 29.2 Å². The van der Waals surface area contributed by atoms with E-state index in [0.717, 1.165) is 30.6 Å². The summed E-state index contributed by atoms with van der Waals surface area (Å²) in [6, 6.07) is 6.36. The van der Waals surface area contributed by atoms with Crippen LogP contribution in [0.4, 0.5) is 10.5 Å². The number of nitrogens with one attached hydrogen (secondary N) is 1. The van der Waals surface area contributed by atoms with Crippen LogP contribution in [0.5, 0.6) is 0 Å². The maximum Gasteiger partial charge on any atom is 0.325 e. The van der Waals surface area contributed by atoms with Crippen molar-refractivity contribution in [2.45, 2.75) is 51.0 Å². The molecule has 2 atom stereocenters. The first-order chi connectivity index (χ1) is 13.4. The van der Waals surface area contributed by atoms with Gasteiger partial charge in [-0.2, -0.15) is 0 Å². The Morgan fingerprint density at radius 3 is 2.75 bits per heavy atom. The summed E-state index contributed by atoms with van der Waals surface area (Å²) in [5.74, 6) is -0.490. The molecule has 0 aromatic heterocycles. The first kappa shape index (κ1) is 18.7. The lowest BCUT2D eigenvalue weighted by Crippen LogP contribution is -2.54. The van der Waals surface area contributed by atoms with Crippen molar-refractivity contribution in [3.8, 4) is 0 Å². The number of carbonyl (C=O) groups excluding carboxylic acids is 4. The van der Waals surface area contributed by atoms with Gasteiger partial charge in [0.25, 0.3) is 5.91 Å². The second kappa shape index (κ2) is 7.04. The smallest absolute Gasteiger partial charge is 0.323 e. The van der Waals surface area contributed by atoms with Crippen molar-refractivity contribution < 1.29 is 19.2 Å². The lowest BCUT2D eigenvalue weighted by molar-refractivity contribution is -0.133. The number of urea groups is 1. The van der Waals surface area contributed by atoms with Gasteiger partial charge >= 0.3 is 6.03 Å². The molecular formula is C21H25N3O4. The summed E-state index contributed by atoms with van der Waals surface area (Å²) in [6.07, 6.45) is 4.77. The summed E-state index contributed by atoms with van der Waals surface area (Å²) < 4.78 is 0. The minimum absolute atomic E-state index is 0.0481. The second-order valence-corrected chi connectivity index (χ2v) is 8.06. The number of imide groups is 1. The summed E-state index contributed by atoms with van der Waals surface area (Å²) in [5, 5.41) is 2.87. The molecule has 1 aromatic rings. The number of rotatable bonds is 4. The SMILES string of the molecule is C[C@H]1CCCC[C@]12NC(=O)N(CC(=O)c1cccc(N3CCCC3=O)c1)C2=O. The van der Waals surface area contributed by atoms with Crippen molar-refractivity contribution in [2.75, 3.05) is 18.0 Å². The summed E-state index contributed by atoms with van der Waals surface area (Å²) in [5.41, 5.74) is 0.220. The third kappa shape index (κ3) is 2.99. The van der Waals surface area contributed by atoms with E-state index < -0.39 is 11.6 Å². The van der Waals surface area contributed by atoms with Gasteiger partial charge in [-0.05, 0) is 37.3 Å². The number of nitrogens with zero attached hydrogens (tertiary/aromatic N) is 2. The molecule has 148 valence electrons. The van der Waals surface area contributed by atoms with E-state index in [-0.39, 0.29) is 30.1 Å². The molecule has 1 N–H and O–H groups in total. The van der Waals surface area contributed by atoms with Crippen LogP contribution in [-0.2, 0) is 9.59 Å². The van der Waals surface area contributed by atoms with Crippen molar-refractivity contribution >= 4 is 29.3 Å². The Morgan fingerprint density at radius 2 is 2.04 bits per heavy atom. The number of ketones is 1. The van der Waals surface area contributed by atoms with Crippen LogP contribution in [-0.4, -0.2) is 47.2 Å². The summed E-state index contributed by atoms with van der Waals surface area (Å²) in [7, 11) is 0. The standard InChI is InChI=1S/C21H25N3O4/c1-14-6-2-3-10-21(14)19(27)24(20(28)22-21)13-17(25)15-7-4-8-16(12-15)23-11-5-9-18(23)26/h4,7-8,12,14H,2-3,5-6,9-11,13H2,1H3,(H,22,28)/t14-,21-/m0/s1. The molecule has 4 rings (SSSR count). The Hall–Kier alpha value is -2.70. The monoisotopic (exact) mass is 383 g/mol. The highest BCUT2D eigenvalue weighted by Crippen LogP contribution is 2.38. The van der Waals surface area contributed by atoms with Gasteiger partial charge in [-0.3, -0.25) is 19.3 Å². The van der Waals surface area contributed by atoms with Crippen molar-refractivity contribution in [3.63, 3.8) is 0 Å². The lowest BCUT2D eigenvalue weighted by Gasteiger charge is -2.36. The van der Waals surface area contributed by atoms with Crippen LogP contribution < -0.4 is 10.2 Å². The average Bonchev–Trinajstić information content (AvgIpc) is 3.21. The van der Waals surface area contributed by atoms with Crippen molar-refractivity contribution in [2.24, 2.45) is 5.92 Å². The summed E-state index contributed by atoms with van der Waals surface area (Å²) >= 11 is 0. The molecule has 1 aromatic carbocycles. The van der Waals surface area contributed by atoms with Gasteiger partial charge in [0.2, 0.25) is 5.91 Å². The number of hydrogen-bond acceptors (Lipinski definition) is 4. The summed E-state index contributed by atoms with van der Waals surface area (Å²) in [6.45, 7) is 2.35. The van der Waals surface area contributed by atoms with Crippen LogP contribution in [0.3, 0.4) is 0 Å². The van der Waals surface area contributed by atoms with E-state index in [0.29, 0.717) is 30.6 Å². The number of hydrogen-bond donors (Lipinski definition) is 1. The molecule has 2 heterocycles. The van der Waals surface area contributed by atoms with Gasteiger partial charge in [0.1, 0.15) is 5.54 Å². The first-order valence-electron chi connectivity index (χ1n) is 10.00. The predicted molar refractivity (Wildman–Crippen MR) is 103 cm³/mol. The van der Waals surface area contributed by atoms with Crippen LogP contribution in [0.25, 0.3) is 0 Å². The molecule has 1 spiro atoms. The molecule has 0 radical (unpaired) electrons. The molecule has 3 fully saturated rings. The summed E-state index contributed by atoms with van der Waals surface area (Å²) in [4.78, 5) is 53.0. The molecule has 1 aliphatic carbocycles. The largest absolute Gasteiger partial charge is 0.325 e. The van der Waals surface area contributed by atoms with E-state index >= 15 is 0 Å². The predicted octanol–water partition coefficient (Wildman–Crippen LogP) is 2.50. The van der Waals surface area contributed by atoms with Crippen molar-refractivity contribution in [1.29, 1.82) is 0 Å². The molecule has 3 aliphatic rings. The number of amides is 4. The van der Waals surface area contributed by atoms with Gasteiger partial charge in [-0.1, -0.05) is 31.9 Å². The van der Waals surface area contributed by atoms with Gasteiger partial charge < -0.3 is 10.2 Å². The van der Waals surface area contributed by atoms with Gasteiger partial charge in [0.05, 0.1) is 6.54 Å². The number of Topliss-reactive ketones (excluding diaryl/α,β-unsaturated/α-hetero) is 1. The van der Waals surface area contributed by atoms with Crippen molar-refractivity contribution in [1.82, 2.24) is 10.2 Å². The zero-order valence-electron chi connectivity index (χ0n) is 16.1. The molecule has 2 saturated heterocycles. The molecule has 0 bridgehead atoms. The third-order valence-electron chi connectivity index (χ3n) is 6.36. The Labute approximate surface area is 164 Å². The zero-order valence-corrected chi connectivity index (χ0v) is 16.1. The molecule has 7 nitrogen and oxygen atoms in total. The lowest BCUT2D eigenvalue weighted by atomic mass is 9.73. The maximum atomic E-state index is 13.0. The van der Waals surface area contributed by atoms with Crippen LogP contribution in [0.2, 0.25) is 0 Å². The van der Waals surface area contributed by atoms with E-state index in [4.69, 9.17) is 0 Å². The van der Waals surface area contributed by atoms with Crippen molar-refractivity contribution in [3.05, 3.63) is 29.8 Å². The molecule has 2 aliphatic heterocycles. The minimum Gasteiger partial charge on any atom is -0.323 e. The Kier molecular flexibility index (Phi) is 4.69. The molecular weight excluding hydrogens is 358 g/mol. The topological polar surface area (TPSA) is 86.8 Å². The fourth-order valence-electron chi connectivity index (χ4n) is 4.64. The fraction of sp³-hybridized carbons (Fsp3) is 0.524. The average molecular weight is 383 g/mol. The first-order valence-corrected chi connectivity index (χ1v) is 10.00. The Morgan fingerprint density at radius 1 is 1.21 bits per heavy atom. The van der Waals surface area contributed by atoms with E-state index in [1.807, 2.05) is 6.92 Å². The highest BCUT2D eigenvalue weighted by Gasteiger charge is 2.55. The van der Waals surface area contributed by atoms with E-state index in [9.17, 15) is 19.2 Å². The molecule has 7 heteroatoms. The van der Waals surface area contributed by atoms with Crippen LogP contribution in [0.1, 0.15) is 55.8 Å². The Bertz CT molecular complexity index is 852. The third-order valence-corrected chi connectivity index (χ3v) is 6.36. The van der Waals surface area contributed by atoms with Crippen LogP contribution in [0, 0.1) is 5.92 Å². The van der Waals surface area contributed by atoms with E-state index in [1.165, 1.54) is 0 Å². The molecule has 4 amide bonds. The van der Waals surface area contributed by atoms with Gasteiger partial charge in [-0.25, -0.2) is 4.79 Å². The number of anilines is 1. The second-order valence-electron chi connectivity index (χ2n) is 8.06. The quantitative estimate of drug-likeness (QED) is 0.639. The Balaban J connectivity index is 1.52. The zero-order chi connectivity index (χ0) is 19.9. The van der Waals surface area contributed by atoms with Crippen LogP contribution >= 0.6 is 0 Å². The van der Waals surface area contributed by atoms with E-state index in [2.05, 4.69) is 5.32 Å². The van der Waals surface area contributed by atoms with Gasteiger partial charge in [0.15, 0.2) is 5.78 Å². The highest BCUT2D eigenvalue weighted by molar-refractivity contribution is 6.11. The highest BCUT2D eigenvalue weighted by atomic mass is 16.2. The number of benzene rings is 1. The molecule has 1 saturated carbocycles. The number of carbonyl (C=O) groups is 4. The minimum atomic E-state index is -0.862. The maximum absolute atomic E-state index is 13.0. The van der Waals surface area contributed by atoms with Gasteiger partial charge in [-0.15, -0.1) is 0 Å². The normalized spacial score (nSPS) is 27.6.